The quantitative estimate of drug-likeness (QED) is 0.923. The molecule has 0 atom stereocenters. The summed E-state index contributed by atoms with van der Waals surface area (Å²) in [6, 6.07) is 3.55. The van der Waals surface area contributed by atoms with E-state index in [-0.39, 0.29) is 5.91 Å². The second-order valence-corrected chi connectivity index (χ2v) is 5.12. The van der Waals surface area contributed by atoms with Crippen LogP contribution in [-0.2, 0) is 0 Å². The van der Waals surface area contributed by atoms with Gasteiger partial charge in [-0.3, -0.25) is 4.79 Å². The normalized spacial score (nSPS) is 15.6. The van der Waals surface area contributed by atoms with Gasteiger partial charge >= 0.3 is 0 Å². The third-order valence-corrected chi connectivity index (χ3v) is 3.49. The Hall–Kier alpha value is -0.900. The highest BCUT2D eigenvalue weighted by Crippen LogP contribution is 2.28. The lowest BCUT2D eigenvalue weighted by molar-refractivity contribution is 0.0944. The minimum atomic E-state index is -0.0770. The number of carbonyl (C=O) groups excluding carboxylic acids is 1. The molecule has 2 rings (SSSR count). The summed E-state index contributed by atoms with van der Waals surface area (Å²) in [7, 11) is 0. The lowest BCUT2D eigenvalue weighted by atomic mass is 9.83. The summed E-state index contributed by atoms with van der Waals surface area (Å²) >= 11 is 3.29. The van der Waals surface area contributed by atoms with Crippen LogP contribution in [-0.4, -0.2) is 17.4 Å². The molecule has 1 saturated carbocycles. The number of amides is 1. The van der Waals surface area contributed by atoms with Crippen LogP contribution in [0.5, 0.6) is 0 Å². The van der Waals surface area contributed by atoms with Gasteiger partial charge in [0.25, 0.3) is 5.91 Å². The van der Waals surface area contributed by atoms with Crippen LogP contribution in [0.2, 0.25) is 0 Å². The molecule has 0 aromatic carbocycles. The predicted octanol–water partition coefficient (Wildman–Crippen LogP) is 2.76. The number of pyridine rings is 1. The second kappa shape index (κ2) is 5.43. The van der Waals surface area contributed by atoms with Crippen molar-refractivity contribution in [1.29, 1.82) is 0 Å². The van der Waals surface area contributed by atoms with E-state index < -0.39 is 0 Å². The van der Waals surface area contributed by atoms with Crippen molar-refractivity contribution in [2.75, 3.05) is 6.54 Å². The molecular weight excluding hydrogens is 268 g/mol. The highest BCUT2D eigenvalue weighted by Gasteiger charge is 2.17. The van der Waals surface area contributed by atoms with Gasteiger partial charge in [-0.1, -0.05) is 19.3 Å². The van der Waals surface area contributed by atoms with Gasteiger partial charge < -0.3 is 5.32 Å². The van der Waals surface area contributed by atoms with Crippen LogP contribution in [0.15, 0.2) is 22.8 Å². The Morgan fingerprint density at radius 1 is 1.50 bits per heavy atom. The van der Waals surface area contributed by atoms with Crippen molar-refractivity contribution in [2.45, 2.75) is 25.7 Å². The Bertz CT molecular complexity index is 360. The predicted molar refractivity (Wildman–Crippen MR) is 66.2 cm³/mol. The largest absolute Gasteiger partial charge is 0.351 e. The number of nitrogens with one attached hydrogen (secondary N) is 1. The first-order valence-corrected chi connectivity index (χ1v) is 6.45. The molecule has 1 aliphatic rings. The van der Waals surface area contributed by atoms with E-state index in [2.05, 4.69) is 26.2 Å². The fourth-order valence-corrected chi connectivity index (χ4v) is 2.01. The molecule has 0 unspecified atom stereocenters. The van der Waals surface area contributed by atoms with E-state index in [0.29, 0.717) is 5.69 Å². The van der Waals surface area contributed by atoms with Gasteiger partial charge in [0.2, 0.25) is 0 Å². The van der Waals surface area contributed by atoms with Gasteiger partial charge in [-0.15, -0.1) is 0 Å². The Kier molecular flexibility index (Phi) is 3.93. The van der Waals surface area contributed by atoms with Crippen molar-refractivity contribution in [3.63, 3.8) is 0 Å². The number of halogens is 1. The summed E-state index contributed by atoms with van der Waals surface area (Å²) in [6.45, 7) is 0.765. The number of rotatable bonds is 4. The number of nitrogens with zero attached hydrogens (tertiary/aromatic N) is 1. The zero-order valence-corrected chi connectivity index (χ0v) is 10.7. The van der Waals surface area contributed by atoms with Crippen LogP contribution in [0.4, 0.5) is 0 Å². The molecule has 1 amide bonds. The smallest absolute Gasteiger partial charge is 0.269 e. The molecule has 1 heterocycles. The molecular formula is C12H15BrN2O. The van der Waals surface area contributed by atoms with Gasteiger partial charge in [-0.2, -0.15) is 0 Å². The molecule has 0 aliphatic heterocycles. The van der Waals surface area contributed by atoms with Crippen LogP contribution >= 0.6 is 15.9 Å². The van der Waals surface area contributed by atoms with Crippen LogP contribution in [0, 0.1) is 5.92 Å². The maximum absolute atomic E-state index is 11.7. The van der Waals surface area contributed by atoms with Crippen molar-refractivity contribution in [2.24, 2.45) is 5.92 Å². The average Bonchev–Trinajstić information content (AvgIpc) is 2.22. The molecule has 4 heteroatoms. The third-order valence-electron chi connectivity index (χ3n) is 3.02. The van der Waals surface area contributed by atoms with Gasteiger partial charge in [-0.05, 0) is 40.4 Å². The summed E-state index contributed by atoms with van der Waals surface area (Å²) in [6.07, 6.45) is 6.74. The van der Waals surface area contributed by atoms with Gasteiger partial charge in [0, 0.05) is 17.2 Å². The molecule has 3 nitrogen and oxygen atoms in total. The minimum Gasteiger partial charge on any atom is -0.351 e. The number of hydrogen-bond donors (Lipinski definition) is 1. The third kappa shape index (κ3) is 3.04. The average molecular weight is 283 g/mol. The van der Waals surface area contributed by atoms with E-state index in [1.165, 1.54) is 19.3 Å². The fourth-order valence-electron chi connectivity index (χ4n) is 1.77. The molecule has 16 heavy (non-hydrogen) atoms. The highest BCUT2D eigenvalue weighted by atomic mass is 79.9. The van der Waals surface area contributed by atoms with E-state index >= 15 is 0 Å². The van der Waals surface area contributed by atoms with E-state index in [9.17, 15) is 4.79 Å². The number of carbonyl (C=O) groups is 1. The first-order chi connectivity index (χ1) is 7.75. The van der Waals surface area contributed by atoms with Crippen LogP contribution in [0.3, 0.4) is 0 Å². The molecule has 1 fully saturated rings. The zero-order chi connectivity index (χ0) is 11.4. The summed E-state index contributed by atoms with van der Waals surface area (Å²) in [5, 5.41) is 2.90. The lowest BCUT2D eigenvalue weighted by Crippen LogP contribution is -2.27. The standard InChI is InChI=1S/C12H15BrN2O/c13-10-4-5-11(15-8-10)12(16)14-7-6-9-2-1-3-9/h4-5,8-9H,1-3,6-7H2,(H,14,16). The number of hydrogen-bond acceptors (Lipinski definition) is 2. The monoisotopic (exact) mass is 282 g/mol. The van der Waals surface area contributed by atoms with Gasteiger partial charge in [0.05, 0.1) is 0 Å². The maximum atomic E-state index is 11.7. The molecule has 0 bridgehead atoms. The Morgan fingerprint density at radius 3 is 2.88 bits per heavy atom. The first-order valence-electron chi connectivity index (χ1n) is 5.65. The van der Waals surface area contributed by atoms with Crippen molar-refractivity contribution < 1.29 is 4.79 Å². The Morgan fingerprint density at radius 2 is 2.31 bits per heavy atom. The van der Waals surface area contributed by atoms with Gasteiger partial charge in [0.15, 0.2) is 0 Å². The summed E-state index contributed by atoms with van der Waals surface area (Å²) in [4.78, 5) is 15.7. The van der Waals surface area contributed by atoms with Crippen molar-refractivity contribution >= 4 is 21.8 Å². The fraction of sp³-hybridized carbons (Fsp3) is 0.500. The zero-order valence-electron chi connectivity index (χ0n) is 9.08. The van der Waals surface area contributed by atoms with E-state index in [1.807, 2.05) is 6.07 Å². The molecule has 1 N–H and O–H groups in total. The molecule has 0 spiro atoms. The van der Waals surface area contributed by atoms with E-state index in [0.717, 1.165) is 23.4 Å². The molecule has 1 aromatic heterocycles. The summed E-state index contributed by atoms with van der Waals surface area (Å²) in [5.41, 5.74) is 0.483. The SMILES string of the molecule is O=C(NCCC1CCC1)c1ccc(Br)cn1. The van der Waals surface area contributed by atoms with Gasteiger partial charge in [0.1, 0.15) is 5.69 Å². The van der Waals surface area contributed by atoms with E-state index in [1.54, 1.807) is 12.3 Å². The van der Waals surface area contributed by atoms with Gasteiger partial charge in [-0.25, -0.2) is 4.98 Å². The Labute approximate surface area is 104 Å². The summed E-state index contributed by atoms with van der Waals surface area (Å²) in [5.74, 6) is 0.755. The minimum absolute atomic E-state index is 0.0770. The molecule has 0 saturated heterocycles. The lowest BCUT2D eigenvalue weighted by Gasteiger charge is -2.25. The Balaban J connectivity index is 1.76. The molecule has 1 aliphatic carbocycles. The maximum Gasteiger partial charge on any atom is 0.269 e. The van der Waals surface area contributed by atoms with Crippen LogP contribution in [0.25, 0.3) is 0 Å². The second-order valence-electron chi connectivity index (χ2n) is 4.20. The first kappa shape index (κ1) is 11.6. The molecule has 0 radical (unpaired) electrons. The van der Waals surface area contributed by atoms with Crippen LogP contribution < -0.4 is 5.32 Å². The molecule has 86 valence electrons. The van der Waals surface area contributed by atoms with Crippen LogP contribution in [0.1, 0.15) is 36.2 Å². The summed E-state index contributed by atoms with van der Waals surface area (Å²) < 4.78 is 0.888. The highest BCUT2D eigenvalue weighted by molar-refractivity contribution is 9.10. The van der Waals surface area contributed by atoms with Crippen molar-refractivity contribution in [1.82, 2.24) is 10.3 Å². The van der Waals surface area contributed by atoms with Crippen molar-refractivity contribution in [3.8, 4) is 0 Å². The van der Waals surface area contributed by atoms with E-state index in [4.69, 9.17) is 0 Å². The van der Waals surface area contributed by atoms with Crippen molar-refractivity contribution in [3.05, 3.63) is 28.5 Å². The molecule has 1 aromatic rings. The topological polar surface area (TPSA) is 42.0 Å². The number of aromatic nitrogens is 1.